The van der Waals surface area contributed by atoms with Gasteiger partial charge in [0, 0.05) is 0 Å². The van der Waals surface area contributed by atoms with Gasteiger partial charge < -0.3 is 4.90 Å². The van der Waals surface area contributed by atoms with Gasteiger partial charge in [-0.25, -0.2) is 0 Å². The molecule has 0 spiro atoms. The standard InChI is InChI=1S/C14H27N/c1-3-15(4-2)13-9-7-5-6-8-10-14-11-12-14/h11H,3-10,12-13H2,1-2H3. The fourth-order valence-electron chi connectivity index (χ4n) is 2.03. The van der Waals surface area contributed by atoms with Crippen LogP contribution >= 0.6 is 0 Å². The van der Waals surface area contributed by atoms with E-state index >= 15 is 0 Å². The summed E-state index contributed by atoms with van der Waals surface area (Å²) in [6, 6.07) is 0. The molecular formula is C14H27N. The van der Waals surface area contributed by atoms with Gasteiger partial charge in [0.2, 0.25) is 0 Å². The maximum atomic E-state index is 2.52. The van der Waals surface area contributed by atoms with Crippen molar-refractivity contribution in [3.63, 3.8) is 0 Å². The highest BCUT2D eigenvalue weighted by Gasteiger charge is 2.05. The Kier molecular flexibility index (Phi) is 6.74. The van der Waals surface area contributed by atoms with Crippen LogP contribution in [0.2, 0.25) is 0 Å². The minimum atomic E-state index is 1.21. The van der Waals surface area contributed by atoms with Crippen molar-refractivity contribution < 1.29 is 0 Å². The molecule has 0 unspecified atom stereocenters. The summed E-state index contributed by atoms with van der Waals surface area (Å²) in [7, 11) is 0. The molecule has 0 radical (unpaired) electrons. The van der Waals surface area contributed by atoms with Crippen molar-refractivity contribution in [1.82, 2.24) is 4.90 Å². The molecule has 0 amide bonds. The second-order valence-electron chi connectivity index (χ2n) is 4.61. The zero-order valence-electron chi connectivity index (χ0n) is 10.6. The van der Waals surface area contributed by atoms with Crippen LogP contribution in [0.1, 0.15) is 58.8 Å². The Morgan fingerprint density at radius 1 is 1.00 bits per heavy atom. The van der Waals surface area contributed by atoms with Crippen LogP contribution in [0.3, 0.4) is 0 Å². The van der Waals surface area contributed by atoms with Crippen LogP contribution in [-0.4, -0.2) is 24.5 Å². The number of rotatable bonds is 10. The van der Waals surface area contributed by atoms with Gasteiger partial charge >= 0.3 is 0 Å². The quantitative estimate of drug-likeness (QED) is 0.388. The Balaban J connectivity index is 1.77. The van der Waals surface area contributed by atoms with Gasteiger partial charge in [0.1, 0.15) is 0 Å². The van der Waals surface area contributed by atoms with Crippen LogP contribution in [0.25, 0.3) is 0 Å². The summed E-state index contributed by atoms with van der Waals surface area (Å²) in [6.07, 6.45) is 12.2. The number of hydrogen-bond donors (Lipinski definition) is 0. The maximum absolute atomic E-state index is 2.52. The summed E-state index contributed by atoms with van der Waals surface area (Å²) in [5.41, 5.74) is 1.71. The zero-order valence-corrected chi connectivity index (χ0v) is 10.6. The fraction of sp³-hybridized carbons (Fsp3) is 0.857. The van der Waals surface area contributed by atoms with Gasteiger partial charge in [0.25, 0.3) is 0 Å². The summed E-state index contributed by atoms with van der Waals surface area (Å²) in [5, 5.41) is 0. The largest absolute Gasteiger partial charge is 0.304 e. The van der Waals surface area contributed by atoms with Crippen molar-refractivity contribution in [3.8, 4) is 0 Å². The lowest BCUT2D eigenvalue weighted by atomic mass is 10.1. The van der Waals surface area contributed by atoms with Crippen LogP contribution in [0.5, 0.6) is 0 Å². The molecule has 0 aromatic rings. The van der Waals surface area contributed by atoms with Crippen molar-refractivity contribution in [2.75, 3.05) is 19.6 Å². The molecular weight excluding hydrogens is 182 g/mol. The summed E-state index contributed by atoms with van der Waals surface area (Å²) < 4.78 is 0. The monoisotopic (exact) mass is 209 g/mol. The SMILES string of the molecule is CCN(CC)CCCCCCCC1=CC1. The van der Waals surface area contributed by atoms with Crippen LogP contribution < -0.4 is 0 Å². The van der Waals surface area contributed by atoms with Crippen molar-refractivity contribution in [2.24, 2.45) is 0 Å². The van der Waals surface area contributed by atoms with E-state index in [-0.39, 0.29) is 0 Å². The molecule has 88 valence electrons. The summed E-state index contributed by atoms with van der Waals surface area (Å²) in [4.78, 5) is 2.52. The highest BCUT2D eigenvalue weighted by atomic mass is 15.1. The summed E-state index contributed by atoms with van der Waals surface area (Å²) >= 11 is 0. The molecule has 1 heteroatoms. The van der Waals surface area contributed by atoms with Crippen molar-refractivity contribution in [3.05, 3.63) is 11.6 Å². The van der Waals surface area contributed by atoms with Crippen LogP contribution in [0.4, 0.5) is 0 Å². The average molecular weight is 209 g/mol. The van der Waals surface area contributed by atoms with E-state index in [2.05, 4.69) is 24.8 Å². The maximum Gasteiger partial charge on any atom is -0.00190 e. The van der Waals surface area contributed by atoms with Gasteiger partial charge in [-0.3, -0.25) is 0 Å². The molecule has 0 fully saturated rings. The Labute approximate surface area is 95.5 Å². The Bertz CT molecular complexity index is 180. The van der Waals surface area contributed by atoms with Gasteiger partial charge in [-0.1, -0.05) is 44.8 Å². The summed E-state index contributed by atoms with van der Waals surface area (Å²) in [6.45, 7) is 8.24. The van der Waals surface area contributed by atoms with Crippen LogP contribution in [0, 0.1) is 0 Å². The topological polar surface area (TPSA) is 3.24 Å². The van der Waals surface area contributed by atoms with Crippen LogP contribution in [-0.2, 0) is 0 Å². The van der Waals surface area contributed by atoms with E-state index in [1.54, 1.807) is 5.57 Å². The lowest BCUT2D eigenvalue weighted by Crippen LogP contribution is -2.23. The van der Waals surface area contributed by atoms with E-state index < -0.39 is 0 Å². The second kappa shape index (κ2) is 7.92. The first-order chi connectivity index (χ1) is 7.36. The highest BCUT2D eigenvalue weighted by Crippen LogP contribution is 2.24. The zero-order chi connectivity index (χ0) is 10.9. The van der Waals surface area contributed by atoms with Crippen molar-refractivity contribution in [1.29, 1.82) is 0 Å². The van der Waals surface area contributed by atoms with Crippen molar-refractivity contribution >= 4 is 0 Å². The van der Waals surface area contributed by atoms with Crippen molar-refractivity contribution in [2.45, 2.75) is 58.8 Å². The third-order valence-corrected chi connectivity index (χ3v) is 3.36. The lowest BCUT2D eigenvalue weighted by Gasteiger charge is -2.17. The van der Waals surface area contributed by atoms with E-state index in [1.165, 1.54) is 64.6 Å². The van der Waals surface area contributed by atoms with E-state index in [4.69, 9.17) is 0 Å². The predicted molar refractivity (Wildman–Crippen MR) is 68.2 cm³/mol. The van der Waals surface area contributed by atoms with E-state index in [0.717, 1.165) is 0 Å². The molecule has 1 nitrogen and oxygen atoms in total. The average Bonchev–Trinajstić information content (AvgIpc) is 3.06. The Morgan fingerprint density at radius 2 is 1.60 bits per heavy atom. The fourth-order valence-corrected chi connectivity index (χ4v) is 2.03. The van der Waals surface area contributed by atoms with Gasteiger partial charge in [-0.15, -0.1) is 0 Å². The first kappa shape index (κ1) is 12.8. The van der Waals surface area contributed by atoms with Gasteiger partial charge in [0.05, 0.1) is 0 Å². The Hall–Kier alpha value is -0.300. The lowest BCUT2D eigenvalue weighted by molar-refractivity contribution is 0.295. The molecule has 0 heterocycles. The molecule has 0 atom stereocenters. The number of hydrogen-bond acceptors (Lipinski definition) is 1. The molecule has 0 aromatic carbocycles. The third kappa shape index (κ3) is 6.72. The predicted octanol–water partition coefficient (Wildman–Crippen LogP) is 4.00. The van der Waals surface area contributed by atoms with E-state index in [0.29, 0.717) is 0 Å². The number of unbranched alkanes of at least 4 members (excludes halogenated alkanes) is 4. The summed E-state index contributed by atoms with van der Waals surface area (Å²) in [5.74, 6) is 0. The molecule has 1 rings (SSSR count). The van der Waals surface area contributed by atoms with E-state index in [9.17, 15) is 0 Å². The highest BCUT2D eigenvalue weighted by molar-refractivity contribution is 5.21. The molecule has 0 bridgehead atoms. The minimum absolute atomic E-state index is 1.21. The van der Waals surface area contributed by atoms with Crippen LogP contribution in [0.15, 0.2) is 11.6 Å². The first-order valence-corrected chi connectivity index (χ1v) is 6.77. The third-order valence-electron chi connectivity index (χ3n) is 3.36. The second-order valence-corrected chi connectivity index (χ2v) is 4.61. The normalized spacial score (nSPS) is 14.5. The number of allylic oxidation sites excluding steroid dienone is 2. The molecule has 0 saturated heterocycles. The molecule has 1 aliphatic rings. The van der Waals surface area contributed by atoms with Gasteiger partial charge in [-0.05, 0) is 45.3 Å². The molecule has 1 aliphatic carbocycles. The molecule has 15 heavy (non-hydrogen) atoms. The number of nitrogens with zero attached hydrogens (tertiary/aromatic N) is 1. The Morgan fingerprint density at radius 3 is 2.20 bits per heavy atom. The smallest absolute Gasteiger partial charge is 0.00190 e. The first-order valence-electron chi connectivity index (χ1n) is 6.77. The molecule has 0 saturated carbocycles. The van der Waals surface area contributed by atoms with E-state index in [1.807, 2.05) is 0 Å². The van der Waals surface area contributed by atoms with Gasteiger partial charge in [-0.2, -0.15) is 0 Å². The van der Waals surface area contributed by atoms with Gasteiger partial charge in [0.15, 0.2) is 0 Å². The molecule has 0 N–H and O–H groups in total. The molecule has 0 aliphatic heterocycles. The minimum Gasteiger partial charge on any atom is -0.304 e. The molecule has 0 aromatic heterocycles.